The van der Waals surface area contributed by atoms with Gasteiger partial charge in [0.1, 0.15) is 25.6 Å². The number of hydrogen-bond donors (Lipinski definition) is 0. The Balaban J connectivity index is 1.73. The molecule has 2 aliphatic rings. The van der Waals surface area contributed by atoms with Gasteiger partial charge in [0.25, 0.3) is 0 Å². The maximum absolute atomic E-state index is 6.30. The molecule has 4 rings (SSSR count). The highest BCUT2D eigenvalue weighted by Crippen LogP contribution is 2.32. The van der Waals surface area contributed by atoms with E-state index in [9.17, 15) is 0 Å². The van der Waals surface area contributed by atoms with Crippen molar-refractivity contribution in [2.45, 2.75) is 6.92 Å². The van der Waals surface area contributed by atoms with Crippen LogP contribution in [0.5, 0.6) is 0 Å². The summed E-state index contributed by atoms with van der Waals surface area (Å²) in [7, 11) is 4.10. The molecule has 0 spiro atoms. The third-order valence-corrected chi connectivity index (χ3v) is 5.18. The van der Waals surface area contributed by atoms with Crippen LogP contribution < -0.4 is 0 Å². The van der Waals surface area contributed by atoms with Crippen LogP contribution >= 0.6 is 0 Å². The summed E-state index contributed by atoms with van der Waals surface area (Å²) in [6.45, 7) is 2.12. The van der Waals surface area contributed by atoms with Gasteiger partial charge >= 0.3 is 0 Å². The number of ether oxygens (including phenoxy) is 1. The fraction of sp³-hybridized carbons (Fsp3) is 0.107. The molecule has 2 aromatic rings. The van der Waals surface area contributed by atoms with Crippen molar-refractivity contribution in [2.24, 2.45) is 0 Å². The van der Waals surface area contributed by atoms with E-state index < -0.39 is 0 Å². The van der Waals surface area contributed by atoms with E-state index in [-0.39, 0.29) is 0 Å². The smallest absolute Gasteiger partial charge is 0.199 e. The van der Waals surface area contributed by atoms with Gasteiger partial charge in [0.15, 0.2) is 5.71 Å². The zero-order valence-electron chi connectivity index (χ0n) is 17.7. The Morgan fingerprint density at radius 3 is 1.97 bits per heavy atom. The Labute approximate surface area is 178 Å². The average Bonchev–Trinajstić information content (AvgIpc) is 2.80. The van der Waals surface area contributed by atoms with E-state index in [0.717, 1.165) is 28.2 Å². The molecule has 148 valence electrons. The van der Waals surface area contributed by atoms with Crippen molar-refractivity contribution in [3.63, 3.8) is 0 Å². The predicted molar refractivity (Wildman–Crippen MR) is 126 cm³/mol. The van der Waals surface area contributed by atoms with E-state index in [0.29, 0.717) is 0 Å². The first-order chi connectivity index (χ1) is 14.6. The fourth-order valence-corrected chi connectivity index (χ4v) is 3.45. The van der Waals surface area contributed by atoms with Gasteiger partial charge in [-0.2, -0.15) is 0 Å². The summed E-state index contributed by atoms with van der Waals surface area (Å²) in [6, 6.07) is 20.7. The third-order valence-electron chi connectivity index (χ3n) is 5.18. The minimum atomic E-state index is 0.837. The largest absolute Gasteiger partial charge is 0.457 e. The van der Waals surface area contributed by atoms with Crippen LogP contribution in [0.2, 0.25) is 0 Å². The van der Waals surface area contributed by atoms with Gasteiger partial charge in [-0.3, -0.25) is 0 Å². The monoisotopic (exact) mass is 392 g/mol. The second-order valence-corrected chi connectivity index (χ2v) is 7.61. The molecule has 0 fully saturated rings. The lowest BCUT2D eigenvalue weighted by Gasteiger charge is -2.19. The van der Waals surface area contributed by atoms with Crippen molar-refractivity contribution in [1.29, 1.82) is 0 Å². The molecule has 0 atom stereocenters. The molecule has 2 aromatic carbocycles. The Morgan fingerprint density at radius 1 is 0.767 bits per heavy atom. The Hall–Kier alpha value is -3.65. The molecule has 30 heavy (non-hydrogen) atoms. The lowest BCUT2D eigenvalue weighted by atomic mass is 9.99. The summed E-state index contributed by atoms with van der Waals surface area (Å²) in [5, 5.41) is 0. The van der Waals surface area contributed by atoms with Crippen molar-refractivity contribution in [2.75, 3.05) is 14.1 Å². The van der Waals surface area contributed by atoms with Crippen LogP contribution in [0.1, 0.15) is 18.1 Å². The first kappa shape index (κ1) is 19.7. The van der Waals surface area contributed by atoms with Gasteiger partial charge in [0, 0.05) is 17.7 Å². The maximum atomic E-state index is 6.30. The Kier molecular flexibility index (Phi) is 5.76. The number of rotatable bonds is 3. The Bertz CT molecular complexity index is 1130. The second kappa shape index (κ2) is 8.79. The van der Waals surface area contributed by atoms with Crippen molar-refractivity contribution < 1.29 is 9.31 Å². The Morgan fingerprint density at radius 2 is 1.37 bits per heavy atom. The highest BCUT2D eigenvalue weighted by molar-refractivity contribution is 6.02. The molecule has 2 nitrogen and oxygen atoms in total. The van der Waals surface area contributed by atoms with Gasteiger partial charge in [-0.1, -0.05) is 60.7 Å². The standard InChI is InChI=1S/C28H26NO/c1-21(22-14-16-26(17-15-22)29(2)3)18-27-19-25(23-10-6-4-7-11-23)20-28(30-27)24-12-8-5-9-13-24/h4-20H,1-3H3/q+1. The molecule has 0 radical (unpaired) electrons. The highest BCUT2D eigenvalue weighted by Gasteiger charge is 2.15. The average molecular weight is 393 g/mol. The molecule has 0 aromatic heterocycles. The van der Waals surface area contributed by atoms with Crippen molar-refractivity contribution >= 4 is 17.0 Å². The molecule has 0 saturated heterocycles. The van der Waals surface area contributed by atoms with Crippen LogP contribution in [0.4, 0.5) is 0 Å². The van der Waals surface area contributed by atoms with Crippen molar-refractivity contribution in [3.8, 4) is 0 Å². The van der Waals surface area contributed by atoms with Crippen LogP contribution in [-0.2, 0) is 4.74 Å². The number of hydrogen-bond acceptors (Lipinski definition) is 1. The molecular weight excluding hydrogens is 366 g/mol. The summed E-state index contributed by atoms with van der Waals surface area (Å²) < 4.78 is 8.40. The number of nitrogens with zero attached hydrogens (tertiary/aromatic N) is 1. The molecule has 1 heterocycles. The second-order valence-electron chi connectivity index (χ2n) is 7.61. The molecule has 0 saturated carbocycles. The van der Waals surface area contributed by atoms with Gasteiger partial charge in [-0.15, -0.1) is 0 Å². The normalized spacial score (nSPS) is 16.8. The lowest BCUT2D eigenvalue weighted by Crippen LogP contribution is -2.09. The van der Waals surface area contributed by atoms with Crippen LogP contribution in [0.25, 0.3) is 11.3 Å². The number of allylic oxidation sites excluding steroid dienone is 10. The summed E-state index contributed by atoms with van der Waals surface area (Å²) in [6.07, 6.45) is 14.9. The van der Waals surface area contributed by atoms with Gasteiger partial charge in [-0.05, 0) is 59.6 Å². The summed E-state index contributed by atoms with van der Waals surface area (Å²) in [4.78, 5) is 0. The highest BCUT2D eigenvalue weighted by atomic mass is 16.5. The zero-order chi connectivity index (χ0) is 20.9. The van der Waals surface area contributed by atoms with E-state index >= 15 is 0 Å². The molecule has 0 unspecified atom stereocenters. The van der Waals surface area contributed by atoms with Crippen LogP contribution in [0.3, 0.4) is 0 Å². The van der Waals surface area contributed by atoms with Gasteiger partial charge in [-0.25, -0.2) is 4.58 Å². The summed E-state index contributed by atoms with van der Waals surface area (Å²) in [5.74, 6) is 1.70. The van der Waals surface area contributed by atoms with Crippen LogP contribution in [0, 0.1) is 0 Å². The minimum Gasteiger partial charge on any atom is -0.457 e. The molecule has 0 N–H and O–H groups in total. The lowest BCUT2D eigenvalue weighted by molar-refractivity contribution is -0.462. The summed E-state index contributed by atoms with van der Waals surface area (Å²) >= 11 is 0. The molecule has 0 bridgehead atoms. The minimum absolute atomic E-state index is 0.837. The van der Waals surface area contributed by atoms with Gasteiger partial charge in [0.05, 0.1) is 0 Å². The molecule has 0 amide bonds. The summed E-state index contributed by atoms with van der Waals surface area (Å²) in [5.41, 5.74) is 6.91. The SMILES string of the molecule is CC(C=C1C=C(c2ccccc2)C=C(c2ccccc2)O1)=C1C=CC(=[N+](C)C)C=C1. The predicted octanol–water partition coefficient (Wildman–Crippen LogP) is 6.18. The van der Waals surface area contributed by atoms with Gasteiger partial charge < -0.3 is 4.74 Å². The molecule has 1 aliphatic heterocycles. The van der Waals surface area contributed by atoms with Crippen molar-refractivity contribution in [1.82, 2.24) is 0 Å². The van der Waals surface area contributed by atoms with Crippen LogP contribution in [0.15, 0.2) is 120 Å². The van der Waals surface area contributed by atoms with Crippen LogP contribution in [-0.4, -0.2) is 24.4 Å². The molecular formula is C28H26NO+. The van der Waals surface area contributed by atoms with Crippen molar-refractivity contribution in [3.05, 3.63) is 131 Å². The number of benzene rings is 2. The van der Waals surface area contributed by atoms with Gasteiger partial charge in [0.2, 0.25) is 0 Å². The molecule has 2 heteroatoms. The van der Waals surface area contributed by atoms with E-state index in [1.807, 2.05) is 24.3 Å². The first-order valence-corrected chi connectivity index (χ1v) is 10.2. The van der Waals surface area contributed by atoms with E-state index in [1.165, 1.54) is 16.8 Å². The maximum Gasteiger partial charge on any atom is 0.199 e. The van der Waals surface area contributed by atoms with E-state index in [1.54, 1.807) is 0 Å². The quantitative estimate of drug-likeness (QED) is 0.568. The zero-order valence-corrected chi connectivity index (χ0v) is 17.7. The fourth-order valence-electron chi connectivity index (χ4n) is 3.45. The topological polar surface area (TPSA) is 12.2 Å². The third kappa shape index (κ3) is 4.49. The first-order valence-electron chi connectivity index (χ1n) is 10.2. The van der Waals surface area contributed by atoms with E-state index in [4.69, 9.17) is 4.74 Å². The molecule has 1 aliphatic carbocycles. The van der Waals surface area contributed by atoms with E-state index in [2.05, 4.69) is 105 Å².